The molecule has 0 saturated carbocycles. The van der Waals surface area contributed by atoms with Crippen molar-refractivity contribution in [2.24, 2.45) is 0 Å². The summed E-state index contributed by atoms with van der Waals surface area (Å²) in [4.78, 5) is 23.5. The molecule has 2 aromatic rings. The Bertz CT molecular complexity index is 584. The van der Waals surface area contributed by atoms with Crippen molar-refractivity contribution in [3.8, 4) is 0 Å². The number of carbonyl (C=O) groups is 1. The van der Waals surface area contributed by atoms with Gasteiger partial charge in [0, 0.05) is 30.7 Å². The summed E-state index contributed by atoms with van der Waals surface area (Å²) in [7, 11) is 0. The summed E-state index contributed by atoms with van der Waals surface area (Å²) in [5, 5.41) is 5.24. The first-order valence-electron chi connectivity index (χ1n) is 6.61. The van der Waals surface area contributed by atoms with E-state index in [1.54, 1.807) is 17.5 Å². The van der Waals surface area contributed by atoms with Gasteiger partial charge < -0.3 is 10.2 Å². The zero-order chi connectivity index (χ0) is 13.8. The molecule has 1 amide bonds. The van der Waals surface area contributed by atoms with E-state index in [1.165, 1.54) is 16.8 Å². The van der Waals surface area contributed by atoms with Gasteiger partial charge in [0.25, 0.3) is 0 Å². The summed E-state index contributed by atoms with van der Waals surface area (Å²) in [5.74, 6) is 0.149. The molecule has 0 fully saturated rings. The number of rotatable bonds is 4. The van der Waals surface area contributed by atoms with Crippen LogP contribution in [0.3, 0.4) is 0 Å². The molecule has 0 radical (unpaired) electrons. The van der Waals surface area contributed by atoms with Gasteiger partial charge >= 0.3 is 0 Å². The largest absolute Gasteiger partial charge is 0.337 e. The number of nitrogens with zero attached hydrogens (tertiary/aromatic N) is 3. The maximum absolute atomic E-state index is 12.2. The molecule has 1 aliphatic rings. The van der Waals surface area contributed by atoms with E-state index in [2.05, 4.69) is 26.7 Å². The van der Waals surface area contributed by atoms with Crippen LogP contribution in [0.4, 0.5) is 0 Å². The van der Waals surface area contributed by atoms with Crippen LogP contribution >= 0.6 is 11.3 Å². The number of nitrogens with one attached hydrogen (secondary N) is 1. The average Bonchev–Trinajstić information content (AvgIpc) is 2.95. The van der Waals surface area contributed by atoms with Crippen LogP contribution < -0.4 is 5.32 Å². The molecule has 1 N–H and O–H groups in total. The highest BCUT2D eigenvalue weighted by Crippen LogP contribution is 2.23. The van der Waals surface area contributed by atoms with Crippen molar-refractivity contribution in [3.63, 3.8) is 0 Å². The molecule has 2 aromatic heterocycles. The summed E-state index contributed by atoms with van der Waals surface area (Å²) < 4.78 is 0. The van der Waals surface area contributed by atoms with Gasteiger partial charge in [0.2, 0.25) is 5.91 Å². The van der Waals surface area contributed by atoms with Crippen LogP contribution in [-0.2, 0) is 24.3 Å². The predicted octanol–water partition coefficient (Wildman–Crippen LogP) is 1.21. The van der Waals surface area contributed by atoms with Crippen LogP contribution in [0, 0.1) is 0 Å². The molecule has 3 heterocycles. The maximum atomic E-state index is 12.2. The quantitative estimate of drug-likeness (QED) is 0.919. The van der Waals surface area contributed by atoms with Crippen LogP contribution in [0.15, 0.2) is 30.0 Å². The van der Waals surface area contributed by atoms with E-state index in [0.29, 0.717) is 13.1 Å². The lowest BCUT2D eigenvalue weighted by molar-refractivity contribution is -0.131. The van der Waals surface area contributed by atoms with E-state index in [0.717, 1.165) is 25.2 Å². The van der Waals surface area contributed by atoms with Crippen LogP contribution in [0.5, 0.6) is 0 Å². The fourth-order valence-corrected chi connectivity index (χ4v) is 3.18. The highest BCUT2D eigenvalue weighted by molar-refractivity contribution is 7.10. The van der Waals surface area contributed by atoms with Crippen molar-refractivity contribution in [2.45, 2.75) is 19.5 Å². The third-order valence-electron chi connectivity index (χ3n) is 3.39. The second kappa shape index (κ2) is 6.11. The fraction of sp³-hybridized carbons (Fsp3) is 0.357. The zero-order valence-electron chi connectivity index (χ0n) is 11.1. The molecule has 3 rings (SSSR count). The number of aromatic nitrogens is 2. The highest BCUT2D eigenvalue weighted by Gasteiger charge is 2.20. The van der Waals surface area contributed by atoms with E-state index in [1.807, 2.05) is 11.0 Å². The standard InChI is InChI=1S/C14H16N4OS/c19-14(8-16-7-12-1-4-15-10-17-12)18-5-2-13-11(9-18)3-6-20-13/h1,3-4,6,10,16H,2,5,7-9H2. The number of amides is 1. The maximum Gasteiger partial charge on any atom is 0.236 e. The molecule has 0 saturated heterocycles. The van der Waals surface area contributed by atoms with Crippen LogP contribution in [0.1, 0.15) is 16.1 Å². The SMILES string of the molecule is O=C(CNCc1ccncn1)N1CCc2sccc2C1. The van der Waals surface area contributed by atoms with Crippen LogP contribution in [0.25, 0.3) is 0 Å². The first-order valence-corrected chi connectivity index (χ1v) is 7.49. The van der Waals surface area contributed by atoms with Gasteiger partial charge in [-0.05, 0) is 29.5 Å². The van der Waals surface area contributed by atoms with Crippen molar-refractivity contribution < 1.29 is 4.79 Å². The molecular weight excluding hydrogens is 272 g/mol. The average molecular weight is 288 g/mol. The second-order valence-corrected chi connectivity index (χ2v) is 5.74. The molecule has 104 valence electrons. The van der Waals surface area contributed by atoms with Gasteiger partial charge in [-0.25, -0.2) is 9.97 Å². The molecule has 6 heteroatoms. The Morgan fingerprint density at radius 2 is 2.40 bits per heavy atom. The van der Waals surface area contributed by atoms with E-state index in [4.69, 9.17) is 0 Å². The van der Waals surface area contributed by atoms with Gasteiger partial charge in [-0.1, -0.05) is 0 Å². The molecule has 0 bridgehead atoms. The number of hydrogen-bond acceptors (Lipinski definition) is 5. The molecule has 0 spiro atoms. The lowest BCUT2D eigenvalue weighted by atomic mass is 10.1. The number of hydrogen-bond donors (Lipinski definition) is 1. The van der Waals surface area contributed by atoms with Crippen LogP contribution in [0.2, 0.25) is 0 Å². The highest BCUT2D eigenvalue weighted by atomic mass is 32.1. The van der Waals surface area contributed by atoms with Gasteiger partial charge in [-0.3, -0.25) is 4.79 Å². The molecule has 20 heavy (non-hydrogen) atoms. The molecule has 0 aliphatic carbocycles. The van der Waals surface area contributed by atoms with Crippen molar-refractivity contribution in [1.29, 1.82) is 0 Å². The van der Waals surface area contributed by atoms with E-state index in [9.17, 15) is 4.79 Å². The molecule has 0 unspecified atom stereocenters. The van der Waals surface area contributed by atoms with Crippen molar-refractivity contribution in [1.82, 2.24) is 20.2 Å². The van der Waals surface area contributed by atoms with Gasteiger partial charge in [-0.15, -0.1) is 11.3 Å². The van der Waals surface area contributed by atoms with E-state index >= 15 is 0 Å². The number of thiophene rings is 1. The second-order valence-electron chi connectivity index (χ2n) is 4.74. The minimum Gasteiger partial charge on any atom is -0.337 e. The lowest BCUT2D eigenvalue weighted by Crippen LogP contribution is -2.40. The summed E-state index contributed by atoms with van der Waals surface area (Å²) in [6, 6.07) is 3.96. The molecule has 0 atom stereocenters. The molecular formula is C14H16N4OS. The summed E-state index contributed by atoms with van der Waals surface area (Å²) in [6.07, 6.45) is 4.20. The Kier molecular flexibility index (Phi) is 4.03. The van der Waals surface area contributed by atoms with Crippen LogP contribution in [-0.4, -0.2) is 33.9 Å². The van der Waals surface area contributed by atoms with Gasteiger partial charge in [0.05, 0.1) is 12.2 Å². The Labute approximate surface area is 121 Å². The predicted molar refractivity (Wildman–Crippen MR) is 77.2 cm³/mol. The Balaban J connectivity index is 1.48. The summed E-state index contributed by atoms with van der Waals surface area (Å²) in [6.45, 7) is 2.50. The Morgan fingerprint density at radius 3 is 3.25 bits per heavy atom. The van der Waals surface area contributed by atoms with Crippen molar-refractivity contribution in [2.75, 3.05) is 13.1 Å². The van der Waals surface area contributed by atoms with E-state index < -0.39 is 0 Å². The molecule has 1 aliphatic heterocycles. The van der Waals surface area contributed by atoms with E-state index in [-0.39, 0.29) is 5.91 Å². The zero-order valence-corrected chi connectivity index (χ0v) is 11.9. The topological polar surface area (TPSA) is 58.1 Å². The summed E-state index contributed by atoms with van der Waals surface area (Å²) >= 11 is 1.79. The minimum absolute atomic E-state index is 0.149. The van der Waals surface area contributed by atoms with Gasteiger partial charge in [0.15, 0.2) is 0 Å². The van der Waals surface area contributed by atoms with Crippen molar-refractivity contribution >= 4 is 17.2 Å². The third-order valence-corrected chi connectivity index (χ3v) is 4.41. The number of fused-ring (bicyclic) bond motifs is 1. The van der Waals surface area contributed by atoms with Gasteiger partial charge in [0.1, 0.15) is 6.33 Å². The molecule has 0 aromatic carbocycles. The lowest BCUT2D eigenvalue weighted by Gasteiger charge is -2.27. The number of carbonyl (C=O) groups excluding carboxylic acids is 1. The fourth-order valence-electron chi connectivity index (χ4n) is 2.29. The summed E-state index contributed by atoms with van der Waals surface area (Å²) in [5.41, 5.74) is 2.19. The van der Waals surface area contributed by atoms with Gasteiger partial charge in [-0.2, -0.15) is 0 Å². The minimum atomic E-state index is 0.149. The Morgan fingerprint density at radius 1 is 1.45 bits per heavy atom. The first kappa shape index (κ1) is 13.2. The Hall–Kier alpha value is -1.79. The van der Waals surface area contributed by atoms with Crippen molar-refractivity contribution in [3.05, 3.63) is 46.2 Å². The normalized spacial score (nSPS) is 14.1. The molecule has 5 nitrogen and oxygen atoms in total. The third kappa shape index (κ3) is 3.02. The first-order chi connectivity index (χ1) is 9.83. The monoisotopic (exact) mass is 288 g/mol. The smallest absolute Gasteiger partial charge is 0.236 e.